The Morgan fingerprint density at radius 1 is 1.47 bits per heavy atom. The van der Waals surface area contributed by atoms with Crippen molar-refractivity contribution in [2.75, 3.05) is 27.2 Å². The van der Waals surface area contributed by atoms with E-state index >= 15 is 0 Å². The topological polar surface area (TPSA) is 52.7 Å². The summed E-state index contributed by atoms with van der Waals surface area (Å²) in [6.07, 6.45) is 1.39. The van der Waals surface area contributed by atoms with E-state index in [9.17, 15) is 9.59 Å². The van der Waals surface area contributed by atoms with Crippen molar-refractivity contribution in [3.63, 3.8) is 0 Å². The van der Waals surface area contributed by atoms with Gasteiger partial charge in [-0.2, -0.15) is 0 Å². The fourth-order valence-corrected chi connectivity index (χ4v) is 2.30. The van der Waals surface area contributed by atoms with Crippen LogP contribution in [-0.2, 0) is 9.59 Å². The second-order valence-corrected chi connectivity index (χ2v) is 4.32. The van der Waals surface area contributed by atoms with Crippen LogP contribution in [0.4, 0.5) is 0 Å². The summed E-state index contributed by atoms with van der Waals surface area (Å²) in [5.41, 5.74) is 0. The maximum Gasteiger partial charge on any atom is 0.246 e. The summed E-state index contributed by atoms with van der Waals surface area (Å²) >= 11 is 0. The van der Waals surface area contributed by atoms with Crippen LogP contribution in [-0.4, -0.2) is 60.9 Å². The number of nitrogens with one attached hydrogen (secondary N) is 1. The normalized spacial score (nSPS) is 32.1. The minimum atomic E-state index is -0.243. The molecule has 2 saturated heterocycles. The molecule has 2 aliphatic rings. The number of nitrogens with zero attached hydrogens (tertiary/aromatic N) is 2. The Morgan fingerprint density at radius 2 is 2.20 bits per heavy atom. The SMILES string of the molecule is CN1C(=O)CC(N(C)C2CCNC2)C1=O. The molecule has 0 aromatic rings. The number of amides is 2. The number of carbonyl (C=O) groups is 2. The highest BCUT2D eigenvalue weighted by Gasteiger charge is 2.40. The van der Waals surface area contributed by atoms with Crippen LogP contribution in [0.3, 0.4) is 0 Å². The van der Waals surface area contributed by atoms with Crippen molar-refractivity contribution in [2.45, 2.75) is 24.9 Å². The van der Waals surface area contributed by atoms with Crippen molar-refractivity contribution in [3.05, 3.63) is 0 Å². The Bertz CT molecular complexity index is 286. The van der Waals surface area contributed by atoms with Crippen LogP contribution in [0.2, 0.25) is 0 Å². The first-order valence-corrected chi connectivity index (χ1v) is 5.34. The smallest absolute Gasteiger partial charge is 0.246 e. The van der Waals surface area contributed by atoms with Gasteiger partial charge in [0.2, 0.25) is 11.8 Å². The molecule has 1 N–H and O–H groups in total. The van der Waals surface area contributed by atoms with Crippen LogP contribution in [0, 0.1) is 0 Å². The Hall–Kier alpha value is -0.940. The molecule has 84 valence electrons. The maximum absolute atomic E-state index is 11.8. The van der Waals surface area contributed by atoms with Crippen molar-refractivity contribution in [3.8, 4) is 0 Å². The van der Waals surface area contributed by atoms with Gasteiger partial charge in [-0.15, -0.1) is 0 Å². The molecule has 0 aromatic carbocycles. The molecule has 2 heterocycles. The minimum Gasteiger partial charge on any atom is -0.315 e. The predicted octanol–water partition coefficient (Wildman–Crippen LogP) is -0.963. The number of imide groups is 1. The standard InChI is InChI=1S/C10H17N3O2/c1-12(7-3-4-11-6-7)8-5-9(14)13(2)10(8)15/h7-8,11H,3-6H2,1-2H3. The Kier molecular flexibility index (Phi) is 2.75. The second kappa shape index (κ2) is 3.90. The average Bonchev–Trinajstić information content (AvgIpc) is 2.82. The van der Waals surface area contributed by atoms with Gasteiger partial charge in [0.05, 0.1) is 12.5 Å². The lowest BCUT2D eigenvalue weighted by atomic mass is 10.1. The molecular weight excluding hydrogens is 194 g/mol. The first-order valence-electron chi connectivity index (χ1n) is 5.34. The van der Waals surface area contributed by atoms with E-state index in [1.54, 1.807) is 7.05 Å². The van der Waals surface area contributed by atoms with Crippen LogP contribution < -0.4 is 5.32 Å². The van der Waals surface area contributed by atoms with Crippen molar-refractivity contribution < 1.29 is 9.59 Å². The zero-order valence-electron chi connectivity index (χ0n) is 9.19. The van der Waals surface area contributed by atoms with Gasteiger partial charge in [0, 0.05) is 19.6 Å². The molecule has 0 bridgehead atoms. The third-order valence-corrected chi connectivity index (χ3v) is 3.46. The molecule has 2 amide bonds. The largest absolute Gasteiger partial charge is 0.315 e. The molecule has 0 saturated carbocycles. The molecule has 5 heteroatoms. The molecule has 2 fully saturated rings. The molecule has 0 radical (unpaired) electrons. The van der Waals surface area contributed by atoms with E-state index in [1.807, 2.05) is 11.9 Å². The van der Waals surface area contributed by atoms with Gasteiger partial charge in [-0.3, -0.25) is 19.4 Å². The highest BCUT2D eigenvalue weighted by atomic mass is 16.2. The highest BCUT2D eigenvalue weighted by molar-refractivity contribution is 6.05. The van der Waals surface area contributed by atoms with E-state index in [1.165, 1.54) is 4.90 Å². The second-order valence-electron chi connectivity index (χ2n) is 4.32. The quantitative estimate of drug-likeness (QED) is 0.598. The molecule has 0 aromatic heterocycles. The van der Waals surface area contributed by atoms with Gasteiger partial charge in [-0.1, -0.05) is 0 Å². The van der Waals surface area contributed by atoms with E-state index in [0.29, 0.717) is 12.5 Å². The third-order valence-electron chi connectivity index (χ3n) is 3.46. The van der Waals surface area contributed by atoms with E-state index in [4.69, 9.17) is 0 Å². The zero-order chi connectivity index (χ0) is 11.0. The fraction of sp³-hybridized carbons (Fsp3) is 0.800. The molecule has 2 unspecified atom stereocenters. The van der Waals surface area contributed by atoms with Crippen LogP contribution in [0.25, 0.3) is 0 Å². The molecule has 2 atom stereocenters. The van der Waals surface area contributed by atoms with Crippen molar-refractivity contribution in [1.82, 2.24) is 15.1 Å². The molecule has 15 heavy (non-hydrogen) atoms. The minimum absolute atomic E-state index is 0.0607. The van der Waals surface area contributed by atoms with Gasteiger partial charge < -0.3 is 5.32 Å². The number of hydrogen-bond donors (Lipinski definition) is 1. The first-order chi connectivity index (χ1) is 7.11. The lowest BCUT2D eigenvalue weighted by Gasteiger charge is -2.27. The van der Waals surface area contributed by atoms with E-state index in [0.717, 1.165) is 19.5 Å². The maximum atomic E-state index is 11.8. The van der Waals surface area contributed by atoms with E-state index < -0.39 is 0 Å². The monoisotopic (exact) mass is 211 g/mol. The fourth-order valence-electron chi connectivity index (χ4n) is 2.30. The van der Waals surface area contributed by atoms with Crippen molar-refractivity contribution >= 4 is 11.8 Å². The summed E-state index contributed by atoms with van der Waals surface area (Å²) in [7, 11) is 3.50. The number of carbonyl (C=O) groups excluding carboxylic acids is 2. The number of rotatable bonds is 2. The van der Waals surface area contributed by atoms with Gasteiger partial charge in [0.25, 0.3) is 0 Å². The number of likely N-dealkylation sites (N-methyl/N-ethyl adjacent to an activating group) is 2. The lowest BCUT2D eigenvalue weighted by Crippen LogP contribution is -2.45. The molecule has 5 nitrogen and oxygen atoms in total. The van der Waals surface area contributed by atoms with Crippen LogP contribution in [0.15, 0.2) is 0 Å². The summed E-state index contributed by atoms with van der Waals surface area (Å²) in [6, 6.07) is 0.144. The first kappa shape index (κ1) is 10.6. The van der Waals surface area contributed by atoms with Gasteiger partial charge in [-0.25, -0.2) is 0 Å². The van der Waals surface area contributed by atoms with Crippen LogP contribution in [0.5, 0.6) is 0 Å². The summed E-state index contributed by atoms with van der Waals surface area (Å²) in [6.45, 7) is 1.91. The molecule has 2 aliphatic heterocycles. The summed E-state index contributed by atoms with van der Waals surface area (Å²) < 4.78 is 0. The van der Waals surface area contributed by atoms with Gasteiger partial charge in [0.15, 0.2) is 0 Å². The lowest BCUT2D eigenvalue weighted by molar-refractivity contribution is -0.138. The van der Waals surface area contributed by atoms with Gasteiger partial charge >= 0.3 is 0 Å². The summed E-state index contributed by atoms with van der Waals surface area (Å²) in [4.78, 5) is 26.4. The zero-order valence-corrected chi connectivity index (χ0v) is 9.19. The van der Waals surface area contributed by atoms with Crippen molar-refractivity contribution in [2.24, 2.45) is 0 Å². The van der Waals surface area contributed by atoms with Crippen molar-refractivity contribution in [1.29, 1.82) is 0 Å². The summed E-state index contributed by atoms with van der Waals surface area (Å²) in [5, 5.41) is 3.26. The third kappa shape index (κ3) is 1.77. The Morgan fingerprint density at radius 3 is 2.67 bits per heavy atom. The van der Waals surface area contributed by atoms with E-state index in [2.05, 4.69) is 5.32 Å². The Balaban J connectivity index is 2.04. The highest BCUT2D eigenvalue weighted by Crippen LogP contribution is 2.20. The number of hydrogen-bond acceptors (Lipinski definition) is 4. The molecule has 0 spiro atoms. The van der Waals surface area contributed by atoms with Crippen LogP contribution in [0.1, 0.15) is 12.8 Å². The molecular formula is C10H17N3O2. The summed E-state index contributed by atoms with van der Waals surface area (Å²) in [5.74, 6) is -0.128. The average molecular weight is 211 g/mol. The molecule has 0 aliphatic carbocycles. The van der Waals surface area contributed by atoms with Gasteiger partial charge in [-0.05, 0) is 20.0 Å². The van der Waals surface area contributed by atoms with Crippen LogP contribution >= 0.6 is 0 Å². The Labute approximate surface area is 89.4 Å². The number of likely N-dealkylation sites (tertiary alicyclic amines) is 1. The molecule has 2 rings (SSSR count). The van der Waals surface area contributed by atoms with Gasteiger partial charge in [0.1, 0.15) is 0 Å². The predicted molar refractivity (Wildman–Crippen MR) is 55.2 cm³/mol. The van der Waals surface area contributed by atoms with E-state index in [-0.39, 0.29) is 17.9 Å².